The highest BCUT2D eigenvalue weighted by Gasteiger charge is 2.41. The van der Waals surface area contributed by atoms with E-state index in [0.29, 0.717) is 5.57 Å². The molecule has 25 heavy (non-hydrogen) atoms. The predicted molar refractivity (Wildman–Crippen MR) is 107 cm³/mol. The van der Waals surface area contributed by atoms with Crippen molar-refractivity contribution >= 4 is 11.6 Å². The van der Waals surface area contributed by atoms with Crippen molar-refractivity contribution in [2.24, 2.45) is 0 Å². The molecule has 0 aromatic heterocycles. The maximum Gasteiger partial charge on any atom is 0.267 e. The fraction of sp³-hybridized carbons (Fsp3) is 0.591. The topological polar surface area (TPSA) is 32.3 Å². The van der Waals surface area contributed by atoms with Gasteiger partial charge in [-0.3, -0.25) is 15.2 Å². The minimum Gasteiger partial charge on any atom is -0.275 e. The highest BCUT2D eigenvalue weighted by Crippen LogP contribution is 2.32. The monoisotopic (exact) mass is 342 g/mol. The quantitative estimate of drug-likeness (QED) is 0.446. The number of carbonyl (C=O) groups excluding carboxylic acids is 1. The molecule has 0 saturated carbocycles. The Morgan fingerprint density at radius 2 is 1.52 bits per heavy atom. The number of anilines is 1. The molecule has 3 heteroatoms. The predicted octanol–water partition coefficient (Wildman–Crippen LogP) is 5.56. The van der Waals surface area contributed by atoms with E-state index < -0.39 is 5.54 Å². The zero-order chi connectivity index (χ0) is 18.3. The molecule has 0 spiro atoms. The van der Waals surface area contributed by atoms with Crippen molar-refractivity contribution in [1.29, 1.82) is 0 Å². The third-order valence-electron chi connectivity index (χ3n) is 5.30. The molecule has 1 heterocycles. The number of rotatable bonds is 10. The number of hydrogen-bond donors (Lipinski definition) is 1. The van der Waals surface area contributed by atoms with Crippen LogP contribution in [-0.2, 0) is 11.2 Å². The van der Waals surface area contributed by atoms with Gasteiger partial charge in [-0.2, -0.15) is 0 Å². The Hall–Kier alpha value is -1.77. The molecule has 3 nitrogen and oxygen atoms in total. The average Bonchev–Trinajstić information content (AvgIpc) is 2.81. The number of unbranched alkanes of at least 4 members (excludes halogenated alkanes) is 7. The van der Waals surface area contributed by atoms with Crippen molar-refractivity contribution < 1.29 is 4.79 Å². The van der Waals surface area contributed by atoms with E-state index in [1.54, 1.807) is 0 Å². The van der Waals surface area contributed by atoms with Crippen LogP contribution in [0.1, 0.15) is 77.7 Å². The first kappa shape index (κ1) is 19.6. The number of hydrazine groups is 1. The summed E-state index contributed by atoms with van der Waals surface area (Å²) in [5, 5.41) is 1.91. The van der Waals surface area contributed by atoms with E-state index in [1.807, 2.05) is 18.9 Å². The second kappa shape index (κ2) is 9.07. The van der Waals surface area contributed by atoms with E-state index in [-0.39, 0.29) is 5.91 Å². The van der Waals surface area contributed by atoms with Crippen LogP contribution in [0, 0.1) is 0 Å². The Bertz CT molecular complexity index is 574. The van der Waals surface area contributed by atoms with Crippen LogP contribution < -0.4 is 10.4 Å². The Morgan fingerprint density at radius 3 is 2.04 bits per heavy atom. The van der Waals surface area contributed by atoms with Gasteiger partial charge in [-0.1, -0.05) is 70.6 Å². The summed E-state index contributed by atoms with van der Waals surface area (Å²) in [4.78, 5) is 11.9. The standard InChI is InChI=1S/C22H34N2O/c1-5-6-7-8-9-10-11-12-13-19-14-16-20(17-15-19)24-22(3,4)18(2)21(25)23-24/h14-17H,2,5-13H2,1,3-4H3,(H,23,25). The fourth-order valence-corrected chi connectivity index (χ4v) is 3.38. The van der Waals surface area contributed by atoms with Crippen molar-refractivity contribution in [3.05, 3.63) is 42.0 Å². The highest BCUT2D eigenvalue weighted by atomic mass is 16.2. The maximum absolute atomic E-state index is 11.9. The molecule has 1 aromatic carbocycles. The summed E-state index contributed by atoms with van der Waals surface area (Å²) in [6.45, 7) is 10.2. The Balaban J connectivity index is 1.75. The lowest BCUT2D eigenvalue weighted by Crippen LogP contribution is -2.44. The van der Waals surface area contributed by atoms with Gasteiger partial charge < -0.3 is 0 Å². The lowest BCUT2D eigenvalue weighted by atomic mass is 9.96. The lowest BCUT2D eigenvalue weighted by Gasteiger charge is -2.32. The molecule has 1 amide bonds. The first-order chi connectivity index (χ1) is 12.0. The molecule has 1 saturated heterocycles. The summed E-state index contributed by atoms with van der Waals surface area (Å²) < 4.78 is 0. The molecule has 138 valence electrons. The number of nitrogens with zero attached hydrogens (tertiary/aromatic N) is 1. The number of carbonyl (C=O) groups is 1. The Kier molecular flexibility index (Phi) is 7.10. The van der Waals surface area contributed by atoms with Crippen LogP contribution in [0.25, 0.3) is 0 Å². The summed E-state index contributed by atoms with van der Waals surface area (Å²) in [6, 6.07) is 8.56. The number of nitrogens with one attached hydrogen (secondary N) is 1. The molecule has 0 radical (unpaired) electrons. The van der Waals surface area contributed by atoms with Crippen molar-refractivity contribution in [3.8, 4) is 0 Å². The smallest absolute Gasteiger partial charge is 0.267 e. The highest BCUT2D eigenvalue weighted by molar-refractivity contribution is 6.00. The molecule has 1 N–H and O–H groups in total. The van der Waals surface area contributed by atoms with Gasteiger partial charge in [0.1, 0.15) is 0 Å². The summed E-state index contributed by atoms with van der Waals surface area (Å²) in [5.41, 5.74) is 5.50. The molecule has 0 unspecified atom stereocenters. The van der Waals surface area contributed by atoms with Crippen LogP contribution in [0.4, 0.5) is 5.69 Å². The largest absolute Gasteiger partial charge is 0.275 e. The van der Waals surface area contributed by atoms with Crippen LogP contribution in [-0.4, -0.2) is 11.4 Å². The summed E-state index contributed by atoms with van der Waals surface area (Å²) in [7, 11) is 0. The van der Waals surface area contributed by atoms with Gasteiger partial charge in [0.05, 0.1) is 11.2 Å². The average molecular weight is 343 g/mol. The zero-order valence-corrected chi connectivity index (χ0v) is 16.2. The number of benzene rings is 1. The molecule has 1 fully saturated rings. The molecule has 2 rings (SSSR count). The van der Waals surface area contributed by atoms with Gasteiger partial charge in [-0.25, -0.2) is 0 Å². The number of aryl methyl sites for hydroxylation is 1. The second-order valence-electron chi connectivity index (χ2n) is 7.71. The van der Waals surface area contributed by atoms with Gasteiger partial charge in [-0.15, -0.1) is 0 Å². The van der Waals surface area contributed by atoms with Crippen LogP contribution in [0.15, 0.2) is 36.4 Å². The summed E-state index contributed by atoms with van der Waals surface area (Å²) >= 11 is 0. The maximum atomic E-state index is 11.9. The molecular weight excluding hydrogens is 308 g/mol. The van der Waals surface area contributed by atoms with Crippen LogP contribution in [0.2, 0.25) is 0 Å². The van der Waals surface area contributed by atoms with Gasteiger partial charge >= 0.3 is 0 Å². The van der Waals surface area contributed by atoms with Gasteiger partial charge in [-0.05, 0) is 44.4 Å². The van der Waals surface area contributed by atoms with E-state index in [0.717, 1.165) is 12.1 Å². The van der Waals surface area contributed by atoms with Crippen molar-refractivity contribution in [1.82, 2.24) is 5.43 Å². The molecule has 1 aliphatic heterocycles. The van der Waals surface area contributed by atoms with Crippen LogP contribution >= 0.6 is 0 Å². The zero-order valence-electron chi connectivity index (χ0n) is 16.2. The van der Waals surface area contributed by atoms with E-state index in [9.17, 15) is 4.79 Å². The molecule has 1 aliphatic rings. The van der Waals surface area contributed by atoms with E-state index in [2.05, 4.69) is 43.2 Å². The lowest BCUT2D eigenvalue weighted by molar-refractivity contribution is -0.116. The molecule has 1 aromatic rings. The summed E-state index contributed by atoms with van der Waals surface area (Å²) in [6.07, 6.45) is 12.0. The second-order valence-corrected chi connectivity index (χ2v) is 7.71. The van der Waals surface area contributed by atoms with Crippen molar-refractivity contribution in [3.63, 3.8) is 0 Å². The van der Waals surface area contributed by atoms with Gasteiger partial charge in [0.15, 0.2) is 0 Å². The number of hydrogen-bond acceptors (Lipinski definition) is 2. The number of amides is 1. The minimum atomic E-state index is -0.392. The van der Waals surface area contributed by atoms with Gasteiger partial charge in [0, 0.05) is 5.57 Å². The molecule has 0 bridgehead atoms. The van der Waals surface area contributed by atoms with Gasteiger partial charge in [0.25, 0.3) is 5.91 Å². The van der Waals surface area contributed by atoms with Gasteiger partial charge in [0.2, 0.25) is 0 Å². The normalized spacial score (nSPS) is 16.4. The SMILES string of the molecule is C=C1C(=O)NN(c2ccc(CCCCCCCCCC)cc2)C1(C)C. The van der Waals surface area contributed by atoms with Crippen LogP contribution in [0.3, 0.4) is 0 Å². The molecule has 0 atom stereocenters. The van der Waals surface area contributed by atoms with E-state index in [1.165, 1.54) is 56.9 Å². The van der Waals surface area contributed by atoms with Crippen LogP contribution in [0.5, 0.6) is 0 Å². The Labute approximate surface area is 153 Å². The third-order valence-corrected chi connectivity index (χ3v) is 5.30. The van der Waals surface area contributed by atoms with Crippen molar-refractivity contribution in [2.45, 2.75) is 84.1 Å². The van der Waals surface area contributed by atoms with E-state index >= 15 is 0 Å². The third kappa shape index (κ3) is 5.10. The minimum absolute atomic E-state index is 0.0898. The molecule has 0 aliphatic carbocycles. The Morgan fingerprint density at radius 1 is 0.960 bits per heavy atom. The first-order valence-corrected chi connectivity index (χ1v) is 9.86. The first-order valence-electron chi connectivity index (χ1n) is 9.86. The van der Waals surface area contributed by atoms with E-state index in [4.69, 9.17) is 0 Å². The fourth-order valence-electron chi connectivity index (χ4n) is 3.38. The molecular formula is C22H34N2O. The summed E-state index contributed by atoms with van der Waals surface area (Å²) in [5.74, 6) is -0.0898. The van der Waals surface area contributed by atoms with Crippen molar-refractivity contribution in [2.75, 3.05) is 5.01 Å².